The standard InChI is InChI=1S/C11H11BrN2O4S3/c1-5-9(11(15)16)10(20-13-5)14(3)21(17,18)7-4-8(12)19-6(7)2/h4H,1-3H3,(H,15,16). The number of carboxylic acids is 1. The molecule has 0 saturated heterocycles. The van der Waals surface area contributed by atoms with Crippen LogP contribution in [0.15, 0.2) is 14.7 Å². The smallest absolute Gasteiger partial charge is 0.340 e. The van der Waals surface area contributed by atoms with Crippen LogP contribution in [0, 0.1) is 13.8 Å². The van der Waals surface area contributed by atoms with E-state index in [2.05, 4.69) is 20.3 Å². The molecule has 0 bridgehead atoms. The molecule has 0 radical (unpaired) electrons. The first kappa shape index (κ1) is 16.4. The highest BCUT2D eigenvalue weighted by molar-refractivity contribution is 9.11. The maximum atomic E-state index is 12.6. The van der Waals surface area contributed by atoms with Gasteiger partial charge in [0.05, 0.1) is 9.48 Å². The lowest BCUT2D eigenvalue weighted by atomic mass is 10.2. The minimum absolute atomic E-state index is 0.0852. The van der Waals surface area contributed by atoms with Crippen LogP contribution in [-0.2, 0) is 10.0 Å². The van der Waals surface area contributed by atoms with Gasteiger partial charge in [-0.3, -0.25) is 4.31 Å². The van der Waals surface area contributed by atoms with E-state index in [0.717, 1.165) is 15.8 Å². The largest absolute Gasteiger partial charge is 0.478 e. The van der Waals surface area contributed by atoms with Crippen molar-refractivity contribution < 1.29 is 18.3 Å². The van der Waals surface area contributed by atoms with Crippen LogP contribution in [0.2, 0.25) is 0 Å². The van der Waals surface area contributed by atoms with Crippen molar-refractivity contribution in [1.82, 2.24) is 4.37 Å². The molecule has 2 aromatic heterocycles. The van der Waals surface area contributed by atoms with Crippen molar-refractivity contribution in [3.63, 3.8) is 0 Å². The zero-order valence-electron chi connectivity index (χ0n) is 11.2. The number of aromatic carboxylic acids is 1. The predicted octanol–water partition coefficient (Wildman–Crippen LogP) is 3.11. The molecule has 1 N–H and O–H groups in total. The molecule has 21 heavy (non-hydrogen) atoms. The van der Waals surface area contributed by atoms with Gasteiger partial charge in [-0.1, -0.05) is 0 Å². The van der Waals surface area contributed by atoms with Gasteiger partial charge in [0, 0.05) is 11.9 Å². The monoisotopic (exact) mass is 410 g/mol. The molecular weight excluding hydrogens is 400 g/mol. The van der Waals surface area contributed by atoms with Gasteiger partial charge in [-0.2, -0.15) is 4.37 Å². The van der Waals surface area contributed by atoms with Crippen molar-refractivity contribution in [1.29, 1.82) is 0 Å². The van der Waals surface area contributed by atoms with Gasteiger partial charge in [0.15, 0.2) is 0 Å². The Bertz CT molecular complexity index is 810. The summed E-state index contributed by atoms with van der Waals surface area (Å²) >= 11 is 5.42. The highest BCUT2D eigenvalue weighted by Gasteiger charge is 2.30. The zero-order valence-corrected chi connectivity index (χ0v) is 15.3. The third kappa shape index (κ3) is 2.85. The Balaban J connectivity index is 2.56. The maximum absolute atomic E-state index is 12.6. The van der Waals surface area contributed by atoms with Crippen LogP contribution in [0.25, 0.3) is 0 Å². The van der Waals surface area contributed by atoms with E-state index in [4.69, 9.17) is 0 Å². The lowest BCUT2D eigenvalue weighted by Crippen LogP contribution is -2.27. The molecule has 2 rings (SSSR count). The Kier molecular flexibility index (Phi) is 4.43. The lowest BCUT2D eigenvalue weighted by Gasteiger charge is -2.17. The minimum Gasteiger partial charge on any atom is -0.478 e. The average Bonchev–Trinajstić information content (AvgIpc) is 2.91. The highest BCUT2D eigenvalue weighted by atomic mass is 79.9. The molecule has 0 aliphatic rings. The second-order valence-corrected chi connectivity index (χ2v) is 9.52. The first-order valence-corrected chi connectivity index (χ1v) is 9.43. The average molecular weight is 411 g/mol. The van der Waals surface area contributed by atoms with Crippen LogP contribution >= 0.6 is 38.8 Å². The maximum Gasteiger partial charge on any atom is 0.340 e. The third-order valence-electron chi connectivity index (χ3n) is 2.83. The molecule has 0 aliphatic heterocycles. The van der Waals surface area contributed by atoms with Crippen LogP contribution < -0.4 is 4.31 Å². The van der Waals surface area contributed by atoms with Crippen molar-refractivity contribution in [3.8, 4) is 0 Å². The molecule has 0 aliphatic carbocycles. The molecule has 2 aromatic rings. The fourth-order valence-electron chi connectivity index (χ4n) is 1.76. The van der Waals surface area contributed by atoms with Gasteiger partial charge in [-0.05, 0) is 47.4 Å². The molecule has 0 fully saturated rings. The summed E-state index contributed by atoms with van der Waals surface area (Å²) < 4.78 is 30.9. The number of hydrogen-bond acceptors (Lipinski definition) is 6. The normalized spacial score (nSPS) is 11.6. The van der Waals surface area contributed by atoms with E-state index in [0.29, 0.717) is 14.4 Å². The van der Waals surface area contributed by atoms with Crippen molar-refractivity contribution in [3.05, 3.63) is 26.0 Å². The van der Waals surface area contributed by atoms with Crippen molar-refractivity contribution in [2.75, 3.05) is 11.4 Å². The van der Waals surface area contributed by atoms with Gasteiger partial charge in [-0.25, -0.2) is 13.2 Å². The number of carbonyl (C=O) groups is 1. The number of anilines is 1. The summed E-state index contributed by atoms with van der Waals surface area (Å²) in [5.41, 5.74) is 0.214. The molecular formula is C11H11BrN2O4S3. The van der Waals surface area contributed by atoms with E-state index >= 15 is 0 Å². The van der Waals surface area contributed by atoms with Crippen molar-refractivity contribution >= 4 is 59.8 Å². The Hall–Kier alpha value is -0.970. The fraction of sp³-hybridized carbons (Fsp3) is 0.273. The summed E-state index contributed by atoms with van der Waals surface area (Å²) in [5, 5.41) is 9.32. The fourth-order valence-corrected chi connectivity index (χ4v) is 6.40. The molecule has 114 valence electrons. The number of aromatic nitrogens is 1. The van der Waals surface area contributed by atoms with Gasteiger partial charge < -0.3 is 5.11 Å². The minimum atomic E-state index is -3.82. The molecule has 0 atom stereocenters. The van der Waals surface area contributed by atoms with Crippen LogP contribution in [0.4, 0.5) is 5.00 Å². The molecule has 0 unspecified atom stereocenters. The summed E-state index contributed by atoms with van der Waals surface area (Å²) in [4.78, 5) is 12.1. The lowest BCUT2D eigenvalue weighted by molar-refractivity contribution is 0.0697. The summed E-state index contributed by atoms with van der Waals surface area (Å²) in [6, 6.07) is 1.51. The second kappa shape index (κ2) is 5.67. The molecule has 0 amide bonds. The van der Waals surface area contributed by atoms with E-state index in [1.165, 1.54) is 31.4 Å². The number of sulfonamides is 1. The Morgan fingerprint density at radius 3 is 2.52 bits per heavy atom. The van der Waals surface area contributed by atoms with Crippen LogP contribution in [-0.4, -0.2) is 30.9 Å². The second-order valence-electron chi connectivity index (χ2n) is 4.20. The number of hydrogen-bond donors (Lipinski definition) is 1. The number of halogens is 1. The number of thiophene rings is 1. The number of nitrogens with zero attached hydrogens (tertiary/aromatic N) is 2. The summed E-state index contributed by atoms with van der Waals surface area (Å²) in [5.74, 6) is -1.19. The third-order valence-corrected chi connectivity index (χ3v) is 7.52. The van der Waals surface area contributed by atoms with E-state index in [1.54, 1.807) is 6.92 Å². The Morgan fingerprint density at radius 1 is 1.43 bits per heavy atom. The molecule has 0 saturated carbocycles. The summed E-state index contributed by atoms with van der Waals surface area (Å²) in [6.45, 7) is 3.24. The highest BCUT2D eigenvalue weighted by Crippen LogP contribution is 2.36. The van der Waals surface area contributed by atoms with E-state index in [-0.39, 0.29) is 15.5 Å². The van der Waals surface area contributed by atoms with Gasteiger partial charge in [0.1, 0.15) is 15.5 Å². The molecule has 10 heteroatoms. The number of carboxylic acid groups (broad SMARTS) is 1. The Morgan fingerprint density at radius 2 is 2.05 bits per heavy atom. The van der Waals surface area contributed by atoms with Gasteiger partial charge >= 0.3 is 5.97 Å². The van der Waals surface area contributed by atoms with Crippen LogP contribution in [0.5, 0.6) is 0 Å². The molecule has 6 nitrogen and oxygen atoms in total. The van der Waals surface area contributed by atoms with Crippen molar-refractivity contribution in [2.24, 2.45) is 0 Å². The first-order chi connectivity index (χ1) is 9.66. The zero-order chi connectivity index (χ0) is 15.9. The van der Waals surface area contributed by atoms with Crippen LogP contribution in [0.1, 0.15) is 20.9 Å². The molecule has 0 aromatic carbocycles. The SMILES string of the molecule is Cc1nsc(N(C)S(=O)(=O)c2cc(Br)sc2C)c1C(=O)O. The van der Waals surface area contributed by atoms with Gasteiger partial charge in [0.25, 0.3) is 10.0 Å². The van der Waals surface area contributed by atoms with E-state index in [9.17, 15) is 18.3 Å². The van der Waals surface area contributed by atoms with Gasteiger partial charge in [0.2, 0.25) is 0 Å². The predicted molar refractivity (Wildman–Crippen MR) is 86.2 cm³/mol. The van der Waals surface area contributed by atoms with Gasteiger partial charge in [-0.15, -0.1) is 11.3 Å². The Labute approximate surface area is 138 Å². The van der Waals surface area contributed by atoms with Crippen LogP contribution in [0.3, 0.4) is 0 Å². The van der Waals surface area contributed by atoms with Crippen molar-refractivity contribution in [2.45, 2.75) is 18.7 Å². The number of rotatable bonds is 4. The topological polar surface area (TPSA) is 87.6 Å². The quantitative estimate of drug-likeness (QED) is 0.836. The molecule has 2 heterocycles. The first-order valence-electron chi connectivity index (χ1n) is 5.60. The van der Waals surface area contributed by atoms with E-state index < -0.39 is 16.0 Å². The summed E-state index contributed by atoms with van der Waals surface area (Å²) in [6.07, 6.45) is 0. The van der Waals surface area contributed by atoms with E-state index in [1.807, 2.05) is 0 Å². The number of aryl methyl sites for hydroxylation is 2. The molecule has 0 spiro atoms. The summed E-state index contributed by atoms with van der Waals surface area (Å²) in [7, 11) is -2.49.